The Morgan fingerprint density at radius 3 is 2.56 bits per heavy atom. The molecule has 0 aromatic carbocycles. The number of nitrogens with two attached hydrogens (primary N) is 1. The summed E-state index contributed by atoms with van der Waals surface area (Å²) in [6.45, 7) is 6.66. The fourth-order valence-electron chi connectivity index (χ4n) is 1.74. The van der Waals surface area contributed by atoms with Crippen molar-refractivity contribution in [3.05, 3.63) is 41.0 Å². The molecule has 0 aliphatic heterocycles. The highest BCUT2D eigenvalue weighted by atomic mass is 15.3. The van der Waals surface area contributed by atoms with Crippen LogP contribution in [-0.2, 0) is 6.54 Å². The molecule has 0 atom stereocenters. The molecule has 0 aliphatic carbocycles. The lowest BCUT2D eigenvalue weighted by molar-refractivity contribution is 0.657. The van der Waals surface area contributed by atoms with Gasteiger partial charge in [0.25, 0.3) is 0 Å². The number of hydrogen-bond acceptors (Lipinski definition) is 3. The third-order valence-corrected chi connectivity index (χ3v) is 2.70. The van der Waals surface area contributed by atoms with Gasteiger partial charge in [-0.2, -0.15) is 5.10 Å². The van der Waals surface area contributed by atoms with E-state index in [1.807, 2.05) is 37.8 Å². The third-order valence-electron chi connectivity index (χ3n) is 2.70. The largest absolute Gasteiger partial charge is 0.396 e. The SMILES string of the molecule is Cc1cncc(Cn2nc(C)c(N)c2C)c1. The summed E-state index contributed by atoms with van der Waals surface area (Å²) in [5.41, 5.74) is 10.9. The van der Waals surface area contributed by atoms with Gasteiger partial charge in [0.2, 0.25) is 0 Å². The number of aromatic nitrogens is 3. The van der Waals surface area contributed by atoms with Crippen molar-refractivity contribution < 1.29 is 0 Å². The third kappa shape index (κ3) is 1.91. The van der Waals surface area contributed by atoms with E-state index in [-0.39, 0.29) is 0 Å². The van der Waals surface area contributed by atoms with Crippen LogP contribution in [-0.4, -0.2) is 14.8 Å². The van der Waals surface area contributed by atoms with Crippen molar-refractivity contribution in [1.29, 1.82) is 0 Å². The monoisotopic (exact) mass is 216 g/mol. The molecule has 16 heavy (non-hydrogen) atoms. The van der Waals surface area contributed by atoms with Gasteiger partial charge in [-0.1, -0.05) is 6.07 Å². The molecule has 2 rings (SSSR count). The average Bonchev–Trinajstić information content (AvgIpc) is 2.47. The topological polar surface area (TPSA) is 56.7 Å². The van der Waals surface area contributed by atoms with E-state index in [2.05, 4.69) is 16.1 Å². The Morgan fingerprint density at radius 1 is 1.25 bits per heavy atom. The molecule has 84 valence electrons. The lowest BCUT2D eigenvalue weighted by Crippen LogP contribution is -2.04. The van der Waals surface area contributed by atoms with Crippen molar-refractivity contribution in [2.75, 3.05) is 5.73 Å². The van der Waals surface area contributed by atoms with Crippen LogP contribution in [0.25, 0.3) is 0 Å². The van der Waals surface area contributed by atoms with E-state index in [9.17, 15) is 0 Å². The Morgan fingerprint density at radius 2 is 2.00 bits per heavy atom. The fraction of sp³-hybridized carbons (Fsp3) is 0.333. The Balaban J connectivity index is 2.30. The quantitative estimate of drug-likeness (QED) is 0.833. The van der Waals surface area contributed by atoms with Gasteiger partial charge in [0.15, 0.2) is 0 Å². The Bertz CT molecular complexity index is 514. The highest BCUT2D eigenvalue weighted by molar-refractivity contribution is 5.47. The summed E-state index contributed by atoms with van der Waals surface area (Å²) in [5.74, 6) is 0. The van der Waals surface area contributed by atoms with E-state index in [1.165, 1.54) is 0 Å². The van der Waals surface area contributed by atoms with E-state index < -0.39 is 0 Å². The number of nitrogens with zero attached hydrogens (tertiary/aromatic N) is 3. The summed E-state index contributed by atoms with van der Waals surface area (Å²) < 4.78 is 1.92. The molecule has 2 N–H and O–H groups in total. The second kappa shape index (κ2) is 3.96. The van der Waals surface area contributed by atoms with Gasteiger partial charge < -0.3 is 5.73 Å². The minimum atomic E-state index is 0.721. The van der Waals surface area contributed by atoms with Gasteiger partial charge in [0, 0.05) is 12.4 Å². The molecular weight excluding hydrogens is 200 g/mol. The minimum absolute atomic E-state index is 0.721. The molecule has 0 fully saturated rings. The standard InChI is InChI=1S/C12H16N4/c1-8-4-11(6-14-5-8)7-16-10(3)12(13)9(2)15-16/h4-6H,7,13H2,1-3H3. The van der Waals surface area contributed by atoms with Crippen molar-refractivity contribution in [3.63, 3.8) is 0 Å². The zero-order chi connectivity index (χ0) is 11.7. The first-order chi connectivity index (χ1) is 7.58. The molecule has 2 heterocycles. The van der Waals surface area contributed by atoms with Crippen LogP contribution in [0.2, 0.25) is 0 Å². The van der Waals surface area contributed by atoms with Gasteiger partial charge in [0.1, 0.15) is 0 Å². The molecular formula is C12H16N4. The maximum Gasteiger partial charge on any atom is 0.0826 e. The van der Waals surface area contributed by atoms with Crippen LogP contribution < -0.4 is 5.73 Å². The minimum Gasteiger partial charge on any atom is -0.396 e. The number of rotatable bonds is 2. The zero-order valence-corrected chi connectivity index (χ0v) is 9.86. The molecule has 0 aliphatic rings. The Kier molecular flexibility index (Phi) is 2.64. The second-order valence-corrected chi connectivity index (χ2v) is 4.11. The molecule has 2 aromatic rings. The van der Waals surface area contributed by atoms with Crippen molar-refractivity contribution in [1.82, 2.24) is 14.8 Å². The first kappa shape index (κ1) is 10.7. The predicted molar refractivity (Wildman–Crippen MR) is 64.2 cm³/mol. The van der Waals surface area contributed by atoms with Gasteiger partial charge >= 0.3 is 0 Å². The summed E-state index contributed by atoms with van der Waals surface area (Å²) in [4.78, 5) is 4.17. The molecule has 0 spiro atoms. The highest BCUT2D eigenvalue weighted by Crippen LogP contribution is 2.16. The first-order valence-electron chi connectivity index (χ1n) is 5.28. The summed E-state index contributed by atoms with van der Waals surface area (Å²) >= 11 is 0. The van der Waals surface area contributed by atoms with Crippen LogP contribution in [0, 0.1) is 20.8 Å². The highest BCUT2D eigenvalue weighted by Gasteiger charge is 2.08. The first-order valence-corrected chi connectivity index (χ1v) is 5.28. The lowest BCUT2D eigenvalue weighted by atomic mass is 10.2. The molecule has 0 saturated carbocycles. The molecule has 0 radical (unpaired) electrons. The van der Waals surface area contributed by atoms with Crippen molar-refractivity contribution in [2.45, 2.75) is 27.3 Å². The molecule has 4 heteroatoms. The fourth-order valence-corrected chi connectivity index (χ4v) is 1.74. The predicted octanol–water partition coefficient (Wildman–Crippen LogP) is 1.83. The summed E-state index contributed by atoms with van der Waals surface area (Å²) in [7, 11) is 0. The van der Waals surface area contributed by atoms with Gasteiger partial charge in [-0.3, -0.25) is 9.67 Å². The van der Waals surface area contributed by atoms with E-state index in [0.717, 1.165) is 34.7 Å². The lowest BCUT2D eigenvalue weighted by Gasteiger charge is -2.05. The van der Waals surface area contributed by atoms with Crippen molar-refractivity contribution >= 4 is 5.69 Å². The second-order valence-electron chi connectivity index (χ2n) is 4.11. The van der Waals surface area contributed by atoms with Crippen LogP contribution in [0.15, 0.2) is 18.5 Å². The van der Waals surface area contributed by atoms with E-state index in [1.54, 1.807) is 0 Å². The van der Waals surface area contributed by atoms with Crippen LogP contribution in [0.1, 0.15) is 22.5 Å². The Hall–Kier alpha value is -1.84. The Labute approximate surface area is 95.1 Å². The maximum absolute atomic E-state index is 5.89. The summed E-state index contributed by atoms with van der Waals surface area (Å²) in [5, 5.41) is 4.40. The van der Waals surface area contributed by atoms with Gasteiger partial charge in [-0.15, -0.1) is 0 Å². The number of aryl methyl sites for hydroxylation is 2. The maximum atomic E-state index is 5.89. The normalized spacial score (nSPS) is 10.7. The number of nitrogen functional groups attached to an aromatic ring is 1. The molecule has 4 nitrogen and oxygen atoms in total. The van der Waals surface area contributed by atoms with Crippen molar-refractivity contribution in [2.24, 2.45) is 0 Å². The average molecular weight is 216 g/mol. The summed E-state index contributed by atoms with van der Waals surface area (Å²) in [6, 6.07) is 2.11. The number of anilines is 1. The van der Waals surface area contributed by atoms with Gasteiger partial charge in [-0.25, -0.2) is 0 Å². The molecule has 0 saturated heterocycles. The van der Waals surface area contributed by atoms with E-state index in [4.69, 9.17) is 5.73 Å². The zero-order valence-electron chi connectivity index (χ0n) is 9.86. The smallest absolute Gasteiger partial charge is 0.0826 e. The molecule has 0 bridgehead atoms. The van der Waals surface area contributed by atoms with Gasteiger partial charge in [0.05, 0.1) is 23.6 Å². The van der Waals surface area contributed by atoms with Crippen LogP contribution >= 0.6 is 0 Å². The van der Waals surface area contributed by atoms with Gasteiger partial charge in [-0.05, 0) is 31.9 Å². The molecule has 0 amide bonds. The van der Waals surface area contributed by atoms with E-state index >= 15 is 0 Å². The van der Waals surface area contributed by atoms with Crippen molar-refractivity contribution in [3.8, 4) is 0 Å². The number of pyridine rings is 1. The summed E-state index contributed by atoms with van der Waals surface area (Å²) in [6.07, 6.45) is 3.71. The van der Waals surface area contributed by atoms with E-state index in [0.29, 0.717) is 0 Å². The van der Waals surface area contributed by atoms with Crippen LogP contribution in [0.3, 0.4) is 0 Å². The van der Waals surface area contributed by atoms with Crippen LogP contribution in [0.4, 0.5) is 5.69 Å². The van der Waals surface area contributed by atoms with Crippen LogP contribution in [0.5, 0.6) is 0 Å². The number of hydrogen-bond donors (Lipinski definition) is 1. The molecule has 2 aromatic heterocycles. The molecule has 0 unspecified atom stereocenters.